The summed E-state index contributed by atoms with van der Waals surface area (Å²) in [6.07, 6.45) is 5.68. The van der Waals surface area contributed by atoms with Gasteiger partial charge < -0.3 is 10.1 Å². The highest BCUT2D eigenvalue weighted by Crippen LogP contribution is 2.12. The fraction of sp³-hybridized carbons (Fsp3) is 0.357. The first-order valence-electron chi connectivity index (χ1n) is 6.07. The average Bonchev–Trinajstić information content (AvgIpc) is 2.89. The number of rotatable bonds is 4. The van der Waals surface area contributed by atoms with E-state index in [4.69, 9.17) is 4.74 Å². The first-order valence-corrected chi connectivity index (χ1v) is 6.86. The summed E-state index contributed by atoms with van der Waals surface area (Å²) < 4.78 is 6.47. The van der Waals surface area contributed by atoms with Crippen LogP contribution in [0, 0.1) is 0 Å². The van der Waals surface area contributed by atoms with Crippen LogP contribution in [-0.4, -0.2) is 25.2 Å². The summed E-state index contributed by atoms with van der Waals surface area (Å²) in [5.74, 6) is -0.0755. The van der Waals surface area contributed by atoms with Gasteiger partial charge in [-0.05, 0) is 36.6 Å². The van der Waals surface area contributed by atoms with Crippen molar-refractivity contribution in [2.24, 2.45) is 0 Å². The summed E-state index contributed by atoms with van der Waals surface area (Å²) in [6, 6.07) is 7.80. The van der Waals surface area contributed by atoms with Crippen LogP contribution in [0.2, 0.25) is 0 Å². The van der Waals surface area contributed by atoms with E-state index in [-0.39, 0.29) is 12.0 Å². The third kappa shape index (κ3) is 4.27. The maximum Gasteiger partial charge on any atom is 0.244 e. The van der Waals surface area contributed by atoms with E-state index in [2.05, 4.69) is 21.2 Å². The SMILES string of the molecule is O=C(/C=C/c1ccc(Br)cc1)NCC1CCCO1. The van der Waals surface area contributed by atoms with Gasteiger partial charge in [0.15, 0.2) is 0 Å². The summed E-state index contributed by atoms with van der Waals surface area (Å²) in [7, 11) is 0. The van der Waals surface area contributed by atoms with Gasteiger partial charge in [0.25, 0.3) is 0 Å². The lowest BCUT2D eigenvalue weighted by atomic mass is 10.2. The van der Waals surface area contributed by atoms with Gasteiger partial charge in [0.1, 0.15) is 0 Å². The van der Waals surface area contributed by atoms with Crippen LogP contribution in [0.4, 0.5) is 0 Å². The molecule has 0 aliphatic carbocycles. The lowest BCUT2D eigenvalue weighted by Crippen LogP contribution is -2.30. The van der Waals surface area contributed by atoms with Crippen LogP contribution < -0.4 is 5.32 Å². The summed E-state index contributed by atoms with van der Waals surface area (Å²) in [6.45, 7) is 1.42. The van der Waals surface area contributed by atoms with Crippen molar-refractivity contribution in [3.8, 4) is 0 Å². The first-order chi connectivity index (χ1) is 8.74. The van der Waals surface area contributed by atoms with E-state index < -0.39 is 0 Å². The predicted molar refractivity (Wildman–Crippen MR) is 75.2 cm³/mol. The van der Waals surface area contributed by atoms with Crippen molar-refractivity contribution in [1.82, 2.24) is 5.32 Å². The fourth-order valence-electron chi connectivity index (χ4n) is 1.82. The normalized spacial score (nSPS) is 19.3. The Bertz CT molecular complexity index is 422. The molecule has 0 saturated carbocycles. The number of ether oxygens (including phenoxy) is 1. The molecular formula is C14H16BrNO2. The van der Waals surface area contributed by atoms with E-state index in [1.807, 2.05) is 24.3 Å². The van der Waals surface area contributed by atoms with Crippen LogP contribution in [0.25, 0.3) is 6.08 Å². The highest BCUT2D eigenvalue weighted by molar-refractivity contribution is 9.10. The van der Waals surface area contributed by atoms with E-state index in [0.29, 0.717) is 6.54 Å². The Kier molecular flexibility index (Phi) is 4.96. The highest BCUT2D eigenvalue weighted by Gasteiger charge is 2.15. The maximum atomic E-state index is 11.6. The van der Waals surface area contributed by atoms with Gasteiger partial charge in [0, 0.05) is 23.7 Å². The highest BCUT2D eigenvalue weighted by atomic mass is 79.9. The molecule has 1 amide bonds. The molecule has 3 nitrogen and oxygen atoms in total. The number of carbonyl (C=O) groups excluding carboxylic acids is 1. The second-order valence-corrected chi connectivity index (χ2v) is 5.18. The van der Waals surface area contributed by atoms with Gasteiger partial charge in [-0.15, -0.1) is 0 Å². The smallest absolute Gasteiger partial charge is 0.244 e. The second kappa shape index (κ2) is 6.71. The average molecular weight is 310 g/mol. The zero-order valence-corrected chi connectivity index (χ0v) is 11.7. The molecule has 18 heavy (non-hydrogen) atoms. The predicted octanol–water partition coefficient (Wildman–Crippen LogP) is 2.76. The van der Waals surface area contributed by atoms with E-state index >= 15 is 0 Å². The van der Waals surface area contributed by atoms with Gasteiger partial charge in [-0.2, -0.15) is 0 Å². The summed E-state index contributed by atoms with van der Waals surface area (Å²) in [5, 5.41) is 2.85. The molecule has 1 aromatic carbocycles. The van der Waals surface area contributed by atoms with Crippen molar-refractivity contribution >= 4 is 27.9 Å². The van der Waals surface area contributed by atoms with Gasteiger partial charge >= 0.3 is 0 Å². The molecule has 0 radical (unpaired) electrons. The van der Waals surface area contributed by atoms with Gasteiger partial charge in [-0.3, -0.25) is 4.79 Å². The standard InChI is InChI=1S/C14H16BrNO2/c15-12-6-3-11(4-7-12)5-8-14(17)16-10-13-2-1-9-18-13/h3-8,13H,1-2,9-10H2,(H,16,17)/b8-5+. The molecule has 4 heteroatoms. The second-order valence-electron chi connectivity index (χ2n) is 4.27. The van der Waals surface area contributed by atoms with Crippen molar-refractivity contribution in [2.45, 2.75) is 18.9 Å². The molecule has 0 aromatic heterocycles. The fourth-order valence-corrected chi connectivity index (χ4v) is 2.09. The van der Waals surface area contributed by atoms with Crippen molar-refractivity contribution in [3.05, 3.63) is 40.4 Å². The van der Waals surface area contributed by atoms with E-state index in [0.717, 1.165) is 29.5 Å². The number of halogens is 1. The molecule has 1 atom stereocenters. The lowest BCUT2D eigenvalue weighted by Gasteiger charge is -2.08. The summed E-state index contributed by atoms with van der Waals surface area (Å²) in [4.78, 5) is 11.6. The Balaban J connectivity index is 1.77. The van der Waals surface area contributed by atoms with Crippen LogP contribution >= 0.6 is 15.9 Å². The summed E-state index contributed by atoms with van der Waals surface area (Å²) in [5.41, 5.74) is 1.01. The van der Waals surface area contributed by atoms with Crippen molar-refractivity contribution < 1.29 is 9.53 Å². The minimum absolute atomic E-state index is 0.0755. The van der Waals surface area contributed by atoms with Gasteiger partial charge in [0.2, 0.25) is 5.91 Å². The number of hydrogen-bond acceptors (Lipinski definition) is 2. The minimum atomic E-state index is -0.0755. The molecule has 1 heterocycles. The van der Waals surface area contributed by atoms with Crippen molar-refractivity contribution in [1.29, 1.82) is 0 Å². The molecule has 0 bridgehead atoms. The van der Waals surface area contributed by atoms with Gasteiger partial charge in [-0.25, -0.2) is 0 Å². The van der Waals surface area contributed by atoms with Crippen molar-refractivity contribution in [2.75, 3.05) is 13.2 Å². The number of hydrogen-bond donors (Lipinski definition) is 1. The zero-order valence-electron chi connectivity index (χ0n) is 10.1. The monoisotopic (exact) mass is 309 g/mol. The number of nitrogens with one attached hydrogen (secondary N) is 1. The largest absolute Gasteiger partial charge is 0.376 e. The van der Waals surface area contributed by atoms with Gasteiger partial charge in [-0.1, -0.05) is 28.1 Å². The molecule has 96 valence electrons. The molecule has 1 unspecified atom stereocenters. The Morgan fingerprint density at radius 2 is 2.22 bits per heavy atom. The van der Waals surface area contributed by atoms with Crippen LogP contribution in [0.1, 0.15) is 18.4 Å². The van der Waals surface area contributed by atoms with Crippen LogP contribution in [0.15, 0.2) is 34.8 Å². The van der Waals surface area contributed by atoms with Crippen LogP contribution in [0.3, 0.4) is 0 Å². The molecule has 1 N–H and O–H groups in total. The van der Waals surface area contributed by atoms with E-state index in [1.54, 1.807) is 12.2 Å². The number of carbonyl (C=O) groups is 1. The Morgan fingerprint density at radius 1 is 1.44 bits per heavy atom. The minimum Gasteiger partial charge on any atom is -0.376 e. The molecular weight excluding hydrogens is 294 g/mol. The van der Waals surface area contributed by atoms with Crippen LogP contribution in [-0.2, 0) is 9.53 Å². The van der Waals surface area contributed by atoms with E-state index in [9.17, 15) is 4.79 Å². The maximum absolute atomic E-state index is 11.6. The van der Waals surface area contributed by atoms with Gasteiger partial charge in [0.05, 0.1) is 6.10 Å². The van der Waals surface area contributed by atoms with Crippen molar-refractivity contribution in [3.63, 3.8) is 0 Å². The molecule has 1 saturated heterocycles. The third-order valence-electron chi connectivity index (χ3n) is 2.83. The molecule has 1 aliphatic heterocycles. The molecule has 0 spiro atoms. The Labute approximate surface area is 115 Å². The number of amides is 1. The molecule has 1 aliphatic rings. The Hall–Kier alpha value is -1.13. The van der Waals surface area contributed by atoms with Crippen LogP contribution in [0.5, 0.6) is 0 Å². The Morgan fingerprint density at radius 3 is 2.89 bits per heavy atom. The first kappa shape index (κ1) is 13.3. The topological polar surface area (TPSA) is 38.3 Å². The molecule has 1 fully saturated rings. The molecule has 2 rings (SSSR count). The quantitative estimate of drug-likeness (QED) is 0.869. The number of benzene rings is 1. The molecule has 1 aromatic rings. The lowest BCUT2D eigenvalue weighted by molar-refractivity contribution is -0.116. The van der Waals surface area contributed by atoms with E-state index in [1.165, 1.54) is 0 Å². The zero-order chi connectivity index (χ0) is 12.8. The summed E-state index contributed by atoms with van der Waals surface area (Å²) >= 11 is 3.37. The third-order valence-corrected chi connectivity index (χ3v) is 3.35.